The maximum absolute atomic E-state index is 11.6. The fourth-order valence-electron chi connectivity index (χ4n) is 4.05. The van der Waals surface area contributed by atoms with Gasteiger partial charge in [-0.25, -0.2) is 0 Å². The molecule has 5 rings (SSSR count). The van der Waals surface area contributed by atoms with Crippen molar-refractivity contribution in [1.82, 2.24) is 9.27 Å². The second-order valence-corrected chi connectivity index (χ2v) is 8.62. The molecular formula is C21H21ClN4NaOS+. The first-order valence-electron chi connectivity index (χ1n) is 9.60. The number of benzene rings is 2. The minimum atomic E-state index is 0. The fraction of sp³-hybridized carbons (Fsp3) is 0.333. The van der Waals surface area contributed by atoms with Crippen molar-refractivity contribution in [3.63, 3.8) is 0 Å². The maximum Gasteiger partial charge on any atom is 1.00 e. The number of halogens is 1. The summed E-state index contributed by atoms with van der Waals surface area (Å²) in [4.78, 5) is 16.4. The van der Waals surface area contributed by atoms with Crippen molar-refractivity contribution in [2.75, 3.05) is 42.9 Å². The van der Waals surface area contributed by atoms with Crippen molar-refractivity contribution < 1.29 is 34.4 Å². The van der Waals surface area contributed by atoms with Gasteiger partial charge in [-0.05, 0) is 47.3 Å². The number of hydrogen-bond donors (Lipinski definition) is 1. The second kappa shape index (κ2) is 8.92. The third-order valence-corrected chi connectivity index (χ3v) is 6.79. The number of nitrogens with zero attached hydrogens (tertiary/aromatic N) is 3. The van der Waals surface area contributed by atoms with E-state index in [0.29, 0.717) is 6.42 Å². The molecule has 29 heavy (non-hydrogen) atoms. The SMILES string of the molecule is O=C1Cc2cc(CCN3CCN(c4nsc5ccccc45)CC3)c(Cl)cc2N1.[Na+]. The number of anilines is 2. The molecular weight excluding hydrogens is 415 g/mol. The van der Waals surface area contributed by atoms with Gasteiger partial charge in [0, 0.05) is 48.8 Å². The fourth-order valence-corrected chi connectivity index (χ4v) is 5.11. The predicted molar refractivity (Wildman–Crippen MR) is 116 cm³/mol. The van der Waals surface area contributed by atoms with Crippen LogP contribution in [0.15, 0.2) is 36.4 Å². The Bertz CT molecular complexity index is 1050. The van der Waals surface area contributed by atoms with E-state index >= 15 is 0 Å². The third-order valence-electron chi connectivity index (χ3n) is 5.62. The van der Waals surface area contributed by atoms with Gasteiger partial charge in [-0.2, -0.15) is 4.37 Å². The quantitative estimate of drug-likeness (QED) is 0.616. The number of rotatable bonds is 4. The second-order valence-electron chi connectivity index (χ2n) is 7.41. The minimum Gasteiger partial charge on any atom is -0.353 e. The van der Waals surface area contributed by atoms with Crippen LogP contribution in [0.25, 0.3) is 10.1 Å². The topological polar surface area (TPSA) is 48.5 Å². The van der Waals surface area contributed by atoms with Gasteiger partial charge in [0.05, 0.1) is 11.1 Å². The van der Waals surface area contributed by atoms with E-state index in [0.717, 1.165) is 66.8 Å². The van der Waals surface area contributed by atoms with E-state index in [1.807, 2.05) is 6.07 Å². The van der Waals surface area contributed by atoms with Crippen LogP contribution >= 0.6 is 23.1 Å². The number of fused-ring (bicyclic) bond motifs is 2. The molecule has 1 aromatic heterocycles. The Kier molecular flexibility index (Phi) is 6.49. The molecule has 2 aromatic carbocycles. The molecule has 2 aliphatic rings. The summed E-state index contributed by atoms with van der Waals surface area (Å²) >= 11 is 8.01. The van der Waals surface area contributed by atoms with Crippen LogP contribution in [0, 0.1) is 0 Å². The first-order chi connectivity index (χ1) is 13.7. The molecule has 0 saturated carbocycles. The first-order valence-corrected chi connectivity index (χ1v) is 10.8. The van der Waals surface area contributed by atoms with Crippen molar-refractivity contribution in [2.24, 2.45) is 0 Å². The van der Waals surface area contributed by atoms with Gasteiger partial charge in [-0.1, -0.05) is 29.8 Å². The average molecular weight is 436 g/mol. The Morgan fingerprint density at radius 2 is 1.93 bits per heavy atom. The third kappa shape index (κ3) is 4.33. The molecule has 5 nitrogen and oxygen atoms in total. The molecule has 0 atom stereocenters. The number of piperazine rings is 1. The first kappa shape index (κ1) is 21.1. The monoisotopic (exact) mass is 435 g/mol. The Morgan fingerprint density at radius 1 is 1.14 bits per heavy atom. The summed E-state index contributed by atoms with van der Waals surface area (Å²) in [7, 11) is 0. The van der Waals surface area contributed by atoms with E-state index < -0.39 is 0 Å². The van der Waals surface area contributed by atoms with Gasteiger partial charge in [-0.3, -0.25) is 9.69 Å². The molecule has 2 aliphatic heterocycles. The molecule has 1 N–H and O–H groups in total. The zero-order chi connectivity index (χ0) is 19.1. The summed E-state index contributed by atoms with van der Waals surface area (Å²) < 4.78 is 5.94. The predicted octanol–water partition coefficient (Wildman–Crippen LogP) is 0.813. The van der Waals surface area contributed by atoms with Crippen LogP contribution in [0.2, 0.25) is 5.02 Å². The molecule has 0 aliphatic carbocycles. The van der Waals surface area contributed by atoms with E-state index in [1.54, 1.807) is 11.5 Å². The molecule has 3 aromatic rings. The van der Waals surface area contributed by atoms with Crippen LogP contribution in [-0.4, -0.2) is 47.9 Å². The largest absolute Gasteiger partial charge is 1.00 e. The number of hydrogen-bond acceptors (Lipinski definition) is 5. The van der Waals surface area contributed by atoms with E-state index in [4.69, 9.17) is 11.6 Å². The van der Waals surface area contributed by atoms with E-state index in [1.165, 1.54) is 10.1 Å². The zero-order valence-electron chi connectivity index (χ0n) is 16.4. The number of amides is 1. The Hall–Kier alpha value is -1.15. The van der Waals surface area contributed by atoms with E-state index in [2.05, 4.69) is 49.8 Å². The molecule has 0 spiro atoms. The normalized spacial score (nSPS) is 16.6. The minimum absolute atomic E-state index is 0. The van der Waals surface area contributed by atoms with Gasteiger partial charge < -0.3 is 10.2 Å². The summed E-state index contributed by atoms with van der Waals surface area (Å²) in [6.45, 7) is 5.00. The van der Waals surface area contributed by atoms with Crippen LogP contribution in [0.5, 0.6) is 0 Å². The van der Waals surface area contributed by atoms with Crippen molar-refractivity contribution in [3.05, 3.63) is 52.5 Å². The van der Waals surface area contributed by atoms with Crippen LogP contribution in [-0.2, 0) is 17.6 Å². The van der Waals surface area contributed by atoms with Crippen molar-refractivity contribution in [3.8, 4) is 0 Å². The number of aromatic nitrogens is 1. The standard InChI is InChI=1S/C21H21ClN4OS.Na/c22-17-13-18-15(12-20(27)23-18)11-14(17)5-6-25-7-9-26(10-8-25)21-16-3-1-2-4-19(16)28-24-21;/h1-4,11,13H,5-10,12H2,(H,23,27);/q;+1. The van der Waals surface area contributed by atoms with Crippen molar-refractivity contribution in [1.29, 1.82) is 0 Å². The van der Waals surface area contributed by atoms with Crippen molar-refractivity contribution >= 4 is 50.6 Å². The summed E-state index contributed by atoms with van der Waals surface area (Å²) in [5.74, 6) is 1.17. The van der Waals surface area contributed by atoms with Gasteiger partial charge in [-0.15, -0.1) is 0 Å². The molecule has 1 amide bonds. The Balaban J connectivity index is 0.00000205. The number of carbonyl (C=O) groups is 1. The van der Waals surface area contributed by atoms with E-state index in [9.17, 15) is 4.79 Å². The van der Waals surface area contributed by atoms with Gasteiger partial charge in [0.2, 0.25) is 5.91 Å². The molecule has 0 bridgehead atoms. The zero-order valence-corrected chi connectivity index (χ0v) is 20.0. The molecule has 0 unspecified atom stereocenters. The molecule has 0 radical (unpaired) electrons. The molecule has 3 heterocycles. The molecule has 144 valence electrons. The van der Waals surface area contributed by atoms with Gasteiger partial charge in [0.25, 0.3) is 0 Å². The maximum atomic E-state index is 11.6. The smallest absolute Gasteiger partial charge is 0.353 e. The van der Waals surface area contributed by atoms with E-state index in [-0.39, 0.29) is 35.5 Å². The van der Waals surface area contributed by atoms with Crippen LogP contribution in [0.3, 0.4) is 0 Å². The average Bonchev–Trinajstić information content (AvgIpc) is 3.29. The Morgan fingerprint density at radius 3 is 2.76 bits per heavy atom. The summed E-state index contributed by atoms with van der Waals surface area (Å²) in [6, 6.07) is 12.4. The van der Waals surface area contributed by atoms with Gasteiger partial charge in [0.15, 0.2) is 0 Å². The van der Waals surface area contributed by atoms with Crippen LogP contribution in [0.1, 0.15) is 11.1 Å². The summed E-state index contributed by atoms with van der Waals surface area (Å²) in [5.41, 5.74) is 3.05. The molecule has 8 heteroatoms. The van der Waals surface area contributed by atoms with Gasteiger partial charge in [0.1, 0.15) is 5.82 Å². The van der Waals surface area contributed by atoms with Gasteiger partial charge >= 0.3 is 29.6 Å². The number of nitrogens with one attached hydrogen (secondary N) is 1. The van der Waals surface area contributed by atoms with Crippen molar-refractivity contribution in [2.45, 2.75) is 12.8 Å². The van der Waals surface area contributed by atoms with Crippen LogP contribution in [0.4, 0.5) is 11.5 Å². The molecule has 1 saturated heterocycles. The summed E-state index contributed by atoms with van der Waals surface area (Å²) in [5, 5.41) is 4.86. The summed E-state index contributed by atoms with van der Waals surface area (Å²) in [6.07, 6.45) is 1.36. The number of carbonyl (C=O) groups excluding carboxylic acids is 1. The Labute approximate surface area is 201 Å². The van der Waals surface area contributed by atoms with Crippen LogP contribution < -0.4 is 39.8 Å². The molecule has 1 fully saturated rings.